The minimum absolute atomic E-state index is 0.0432. The minimum atomic E-state index is 0.0432. The van der Waals surface area contributed by atoms with E-state index in [4.69, 9.17) is 9.15 Å². The van der Waals surface area contributed by atoms with Gasteiger partial charge >= 0.3 is 0 Å². The van der Waals surface area contributed by atoms with Gasteiger partial charge in [-0.3, -0.25) is 4.79 Å². The Balaban J connectivity index is 1.80. The lowest BCUT2D eigenvalue weighted by Gasteiger charge is -2.17. The second kappa shape index (κ2) is 6.24. The van der Waals surface area contributed by atoms with Crippen LogP contribution in [0.15, 0.2) is 10.5 Å². The maximum atomic E-state index is 12.2. The molecule has 19 heavy (non-hydrogen) atoms. The third kappa shape index (κ3) is 3.60. The first-order chi connectivity index (χ1) is 9.08. The molecule has 106 valence electrons. The minimum Gasteiger partial charge on any atom is -0.466 e. The van der Waals surface area contributed by atoms with E-state index in [2.05, 4.69) is 0 Å². The number of ether oxygens (including phenoxy) is 1. The van der Waals surface area contributed by atoms with Gasteiger partial charge in [0.1, 0.15) is 11.5 Å². The molecule has 1 aromatic heterocycles. The van der Waals surface area contributed by atoms with Gasteiger partial charge in [0, 0.05) is 20.2 Å². The average Bonchev–Trinajstić information content (AvgIpc) is 2.98. The van der Waals surface area contributed by atoms with Crippen LogP contribution in [0.3, 0.4) is 0 Å². The van der Waals surface area contributed by atoms with Gasteiger partial charge in [-0.15, -0.1) is 0 Å². The summed E-state index contributed by atoms with van der Waals surface area (Å²) in [5.74, 6) is 1.53. The van der Waals surface area contributed by atoms with E-state index in [1.165, 1.54) is 6.42 Å². The molecule has 2 rings (SSSR count). The van der Waals surface area contributed by atoms with Crippen molar-refractivity contribution in [3.63, 3.8) is 0 Å². The van der Waals surface area contributed by atoms with Crippen LogP contribution in [0.4, 0.5) is 0 Å². The van der Waals surface area contributed by atoms with E-state index in [0.717, 1.165) is 38.2 Å². The van der Waals surface area contributed by atoms with Crippen LogP contribution in [-0.4, -0.2) is 37.1 Å². The van der Waals surface area contributed by atoms with Crippen molar-refractivity contribution < 1.29 is 13.9 Å². The third-order valence-electron chi connectivity index (χ3n) is 3.66. The van der Waals surface area contributed by atoms with Crippen LogP contribution in [0.2, 0.25) is 0 Å². The second-order valence-electron chi connectivity index (χ2n) is 5.33. The first-order valence-corrected chi connectivity index (χ1v) is 7.02. The third-order valence-corrected chi connectivity index (χ3v) is 3.66. The second-order valence-corrected chi connectivity index (χ2v) is 5.33. The Morgan fingerprint density at radius 3 is 2.84 bits per heavy atom. The zero-order valence-electron chi connectivity index (χ0n) is 12.1. The number of nitrogens with zero attached hydrogens (tertiary/aromatic N) is 1. The molecule has 0 N–H and O–H groups in total. The fourth-order valence-corrected chi connectivity index (χ4v) is 2.58. The van der Waals surface area contributed by atoms with Gasteiger partial charge in [0.15, 0.2) is 0 Å². The molecule has 4 nitrogen and oxygen atoms in total. The molecule has 4 heteroatoms. The van der Waals surface area contributed by atoms with Gasteiger partial charge in [-0.05, 0) is 45.6 Å². The van der Waals surface area contributed by atoms with Gasteiger partial charge in [0.25, 0.3) is 5.91 Å². The van der Waals surface area contributed by atoms with Crippen LogP contribution >= 0.6 is 0 Å². The molecule has 0 spiro atoms. The van der Waals surface area contributed by atoms with Crippen LogP contribution in [0.25, 0.3) is 0 Å². The average molecular weight is 265 g/mol. The molecule has 2 heterocycles. The van der Waals surface area contributed by atoms with Crippen molar-refractivity contribution >= 4 is 5.91 Å². The van der Waals surface area contributed by atoms with Gasteiger partial charge in [0.2, 0.25) is 0 Å². The van der Waals surface area contributed by atoms with Crippen molar-refractivity contribution in [3.05, 3.63) is 23.2 Å². The molecular formula is C15H23NO3. The molecule has 0 bridgehead atoms. The summed E-state index contributed by atoms with van der Waals surface area (Å²) in [7, 11) is 1.85. The molecule has 0 aliphatic carbocycles. The summed E-state index contributed by atoms with van der Waals surface area (Å²) in [4.78, 5) is 14.0. The number of carbonyl (C=O) groups is 1. The predicted octanol–water partition coefficient (Wildman–Crippen LogP) is 2.93. The van der Waals surface area contributed by atoms with Gasteiger partial charge in [0.05, 0.1) is 11.7 Å². The van der Waals surface area contributed by atoms with E-state index in [9.17, 15) is 4.79 Å². The van der Waals surface area contributed by atoms with Gasteiger partial charge in [-0.25, -0.2) is 0 Å². The summed E-state index contributed by atoms with van der Waals surface area (Å²) >= 11 is 0. The number of hydrogen-bond donors (Lipinski definition) is 0. The highest BCUT2D eigenvalue weighted by atomic mass is 16.5. The summed E-state index contributed by atoms with van der Waals surface area (Å²) < 4.78 is 11.0. The van der Waals surface area contributed by atoms with Gasteiger partial charge in [-0.2, -0.15) is 0 Å². The summed E-state index contributed by atoms with van der Waals surface area (Å²) in [5, 5.41) is 0. The van der Waals surface area contributed by atoms with Crippen LogP contribution in [0, 0.1) is 13.8 Å². The number of amides is 1. The first-order valence-electron chi connectivity index (χ1n) is 7.02. The Morgan fingerprint density at radius 2 is 2.26 bits per heavy atom. The Kier molecular flexibility index (Phi) is 4.64. The monoisotopic (exact) mass is 265 g/mol. The fourth-order valence-electron chi connectivity index (χ4n) is 2.58. The zero-order chi connectivity index (χ0) is 13.8. The Labute approximate surface area is 114 Å². The molecule has 1 aliphatic heterocycles. The number of aryl methyl sites for hydroxylation is 2. The van der Waals surface area contributed by atoms with Crippen molar-refractivity contribution in [2.75, 3.05) is 20.2 Å². The lowest BCUT2D eigenvalue weighted by molar-refractivity contribution is 0.0761. The van der Waals surface area contributed by atoms with Crippen LogP contribution in [0.1, 0.15) is 47.6 Å². The predicted molar refractivity (Wildman–Crippen MR) is 73.4 cm³/mol. The number of carbonyl (C=O) groups excluding carboxylic acids is 1. The SMILES string of the molecule is Cc1cc(C(=O)N(C)CCCC2CCCO2)c(C)o1. The lowest BCUT2D eigenvalue weighted by Crippen LogP contribution is -2.28. The maximum absolute atomic E-state index is 12.2. The topological polar surface area (TPSA) is 42.7 Å². The van der Waals surface area contributed by atoms with E-state index in [-0.39, 0.29) is 5.91 Å². The maximum Gasteiger partial charge on any atom is 0.257 e. The zero-order valence-corrected chi connectivity index (χ0v) is 12.1. The molecule has 0 aromatic carbocycles. The quantitative estimate of drug-likeness (QED) is 0.822. The number of furan rings is 1. The van der Waals surface area contributed by atoms with Crippen molar-refractivity contribution in [2.24, 2.45) is 0 Å². The highest BCUT2D eigenvalue weighted by Gasteiger charge is 2.19. The molecule has 1 aliphatic rings. The van der Waals surface area contributed by atoms with Crippen LogP contribution in [-0.2, 0) is 4.74 Å². The van der Waals surface area contributed by atoms with Crippen molar-refractivity contribution in [1.82, 2.24) is 4.90 Å². The number of rotatable bonds is 5. The number of hydrogen-bond acceptors (Lipinski definition) is 3. The molecule has 1 amide bonds. The van der Waals surface area contributed by atoms with Crippen LogP contribution in [0.5, 0.6) is 0 Å². The molecule has 1 unspecified atom stereocenters. The van der Waals surface area contributed by atoms with Gasteiger partial charge < -0.3 is 14.1 Å². The van der Waals surface area contributed by atoms with E-state index in [1.807, 2.05) is 27.0 Å². The van der Waals surface area contributed by atoms with E-state index >= 15 is 0 Å². The van der Waals surface area contributed by atoms with E-state index in [0.29, 0.717) is 17.4 Å². The smallest absolute Gasteiger partial charge is 0.257 e. The molecule has 1 saturated heterocycles. The van der Waals surface area contributed by atoms with Crippen molar-refractivity contribution in [2.45, 2.75) is 45.6 Å². The first kappa shape index (κ1) is 14.1. The molecule has 1 fully saturated rings. The van der Waals surface area contributed by atoms with E-state index < -0.39 is 0 Å². The standard InChI is InChI=1S/C15H23NO3/c1-11-10-14(12(2)19-11)15(17)16(3)8-4-6-13-7-5-9-18-13/h10,13H,4-9H2,1-3H3. The molecule has 1 atom stereocenters. The Hall–Kier alpha value is -1.29. The normalized spacial score (nSPS) is 18.8. The molecule has 0 radical (unpaired) electrons. The van der Waals surface area contributed by atoms with Crippen LogP contribution < -0.4 is 0 Å². The molecular weight excluding hydrogens is 242 g/mol. The highest BCUT2D eigenvalue weighted by molar-refractivity contribution is 5.95. The Morgan fingerprint density at radius 1 is 1.47 bits per heavy atom. The molecule has 1 aromatic rings. The van der Waals surface area contributed by atoms with Crippen molar-refractivity contribution in [3.8, 4) is 0 Å². The summed E-state index contributed by atoms with van der Waals surface area (Å²) in [5.41, 5.74) is 0.678. The largest absolute Gasteiger partial charge is 0.466 e. The lowest BCUT2D eigenvalue weighted by atomic mass is 10.1. The highest BCUT2D eigenvalue weighted by Crippen LogP contribution is 2.18. The summed E-state index contributed by atoms with van der Waals surface area (Å²) in [6.45, 7) is 5.36. The summed E-state index contributed by atoms with van der Waals surface area (Å²) in [6.07, 6.45) is 4.77. The Bertz CT molecular complexity index is 433. The molecule has 0 saturated carbocycles. The van der Waals surface area contributed by atoms with Gasteiger partial charge in [-0.1, -0.05) is 0 Å². The van der Waals surface area contributed by atoms with E-state index in [1.54, 1.807) is 4.90 Å². The van der Waals surface area contributed by atoms with Crippen molar-refractivity contribution in [1.29, 1.82) is 0 Å². The fraction of sp³-hybridized carbons (Fsp3) is 0.667. The summed E-state index contributed by atoms with van der Waals surface area (Å²) in [6, 6.07) is 1.81.